The van der Waals surface area contributed by atoms with E-state index >= 15 is 0 Å². The second-order valence-electron chi connectivity index (χ2n) is 7.52. The molecule has 0 bridgehead atoms. The maximum Gasteiger partial charge on any atom is 0.253 e. The molecule has 27 heavy (non-hydrogen) atoms. The van der Waals surface area contributed by atoms with E-state index < -0.39 is 5.54 Å². The molecular formula is C22H24FN3O. The van der Waals surface area contributed by atoms with Crippen LogP contribution in [0.4, 0.5) is 4.39 Å². The van der Waals surface area contributed by atoms with Crippen LogP contribution in [-0.4, -0.2) is 21.0 Å². The molecule has 0 aliphatic heterocycles. The van der Waals surface area contributed by atoms with Gasteiger partial charge in [-0.15, -0.1) is 6.58 Å². The highest BCUT2D eigenvalue weighted by Gasteiger charge is 2.27. The number of pyridine rings is 1. The number of halogens is 1. The SMILES string of the molecule is C=C(C)CC(C)(Cc1ccc(F)cc1)NC(=O)c1cnc2c(ccn2C)c1. The summed E-state index contributed by atoms with van der Waals surface area (Å²) in [6, 6.07) is 10.1. The van der Waals surface area contributed by atoms with Crippen LogP contribution in [0.5, 0.6) is 0 Å². The lowest BCUT2D eigenvalue weighted by Crippen LogP contribution is -2.48. The number of aromatic nitrogens is 2. The average Bonchev–Trinajstić information content (AvgIpc) is 2.96. The predicted octanol–water partition coefficient (Wildman–Crippen LogP) is 4.41. The van der Waals surface area contributed by atoms with Crippen molar-refractivity contribution in [1.82, 2.24) is 14.9 Å². The monoisotopic (exact) mass is 365 g/mol. The summed E-state index contributed by atoms with van der Waals surface area (Å²) < 4.78 is 15.1. The summed E-state index contributed by atoms with van der Waals surface area (Å²) in [5, 5.41) is 4.06. The van der Waals surface area contributed by atoms with Gasteiger partial charge in [0.25, 0.3) is 5.91 Å². The van der Waals surface area contributed by atoms with Gasteiger partial charge in [0.1, 0.15) is 11.5 Å². The number of carbonyl (C=O) groups is 1. The van der Waals surface area contributed by atoms with E-state index in [-0.39, 0.29) is 11.7 Å². The molecule has 3 rings (SSSR count). The van der Waals surface area contributed by atoms with Gasteiger partial charge >= 0.3 is 0 Å². The molecule has 1 amide bonds. The van der Waals surface area contributed by atoms with Gasteiger partial charge in [0.05, 0.1) is 5.56 Å². The highest BCUT2D eigenvalue weighted by Crippen LogP contribution is 2.22. The van der Waals surface area contributed by atoms with Crippen LogP contribution in [0.1, 0.15) is 36.2 Å². The molecule has 4 nitrogen and oxygen atoms in total. The maximum atomic E-state index is 13.2. The lowest BCUT2D eigenvalue weighted by Gasteiger charge is -2.31. The second-order valence-corrected chi connectivity index (χ2v) is 7.52. The fourth-order valence-corrected chi connectivity index (χ4v) is 3.49. The molecule has 0 aliphatic carbocycles. The van der Waals surface area contributed by atoms with Crippen molar-refractivity contribution in [3.8, 4) is 0 Å². The van der Waals surface area contributed by atoms with Crippen LogP contribution >= 0.6 is 0 Å². The van der Waals surface area contributed by atoms with Gasteiger partial charge in [-0.1, -0.05) is 17.7 Å². The third-order valence-corrected chi connectivity index (χ3v) is 4.58. The van der Waals surface area contributed by atoms with E-state index in [9.17, 15) is 9.18 Å². The molecule has 0 fully saturated rings. The van der Waals surface area contributed by atoms with Crippen LogP contribution in [0.2, 0.25) is 0 Å². The summed E-state index contributed by atoms with van der Waals surface area (Å²) in [6.07, 6.45) is 4.71. The van der Waals surface area contributed by atoms with Gasteiger partial charge in [-0.2, -0.15) is 0 Å². The first kappa shape index (κ1) is 18.8. The lowest BCUT2D eigenvalue weighted by molar-refractivity contribution is 0.0905. The molecule has 0 aliphatic rings. The van der Waals surface area contributed by atoms with Crippen molar-refractivity contribution in [3.05, 3.63) is 77.9 Å². The topological polar surface area (TPSA) is 46.9 Å². The van der Waals surface area contributed by atoms with Gasteiger partial charge in [0.15, 0.2) is 0 Å². The summed E-state index contributed by atoms with van der Waals surface area (Å²) in [5.74, 6) is -0.453. The van der Waals surface area contributed by atoms with Crippen LogP contribution in [0, 0.1) is 5.82 Å². The summed E-state index contributed by atoms with van der Waals surface area (Å²) in [4.78, 5) is 17.3. The molecule has 3 aromatic rings. The Kier molecular flexibility index (Phi) is 5.13. The van der Waals surface area contributed by atoms with E-state index in [0.29, 0.717) is 18.4 Å². The highest BCUT2D eigenvalue weighted by molar-refractivity contribution is 5.97. The van der Waals surface area contributed by atoms with Crippen molar-refractivity contribution in [1.29, 1.82) is 0 Å². The van der Waals surface area contributed by atoms with Gasteiger partial charge < -0.3 is 9.88 Å². The largest absolute Gasteiger partial charge is 0.346 e. The Morgan fingerprint density at radius 2 is 2.00 bits per heavy atom. The van der Waals surface area contributed by atoms with Crippen LogP contribution in [0.25, 0.3) is 11.0 Å². The summed E-state index contributed by atoms with van der Waals surface area (Å²) in [6.45, 7) is 7.91. The van der Waals surface area contributed by atoms with Crippen LogP contribution in [-0.2, 0) is 13.5 Å². The Morgan fingerprint density at radius 1 is 1.30 bits per heavy atom. The number of amides is 1. The first-order valence-electron chi connectivity index (χ1n) is 8.88. The van der Waals surface area contributed by atoms with Crippen LogP contribution in [0.3, 0.4) is 0 Å². The fourth-order valence-electron chi connectivity index (χ4n) is 3.49. The number of nitrogens with zero attached hydrogens (tertiary/aromatic N) is 2. The molecule has 1 unspecified atom stereocenters. The van der Waals surface area contributed by atoms with E-state index in [1.807, 2.05) is 43.8 Å². The molecule has 0 radical (unpaired) electrons. The maximum absolute atomic E-state index is 13.2. The zero-order chi connectivity index (χ0) is 19.6. The fraction of sp³-hybridized carbons (Fsp3) is 0.273. The Morgan fingerprint density at radius 3 is 2.67 bits per heavy atom. The van der Waals surface area contributed by atoms with Crippen molar-refractivity contribution in [2.45, 2.75) is 32.2 Å². The number of rotatable bonds is 6. The van der Waals surface area contributed by atoms with E-state index in [0.717, 1.165) is 22.2 Å². The highest BCUT2D eigenvalue weighted by atomic mass is 19.1. The van der Waals surface area contributed by atoms with Gasteiger partial charge in [-0.05, 0) is 56.5 Å². The summed E-state index contributed by atoms with van der Waals surface area (Å²) >= 11 is 0. The zero-order valence-electron chi connectivity index (χ0n) is 15.9. The van der Waals surface area contributed by atoms with E-state index in [1.54, 1.807) is 18.3 Å². The minimum Gasteiger partial charge on any atom is -0.346 e. The van der Waals surface area contributed by atoms with Crippen molar-refractivity contribution < 1.29 is 9.18 Å². The Hall–Kier alpha value is -2.95. The van der Waals surface area contributed by atoms with Crippen molar-refractivity contribution in [2.24, 2.45) is 7.05 Å². The van der Waals surface area contributed by atoms with Gasteiger partial charge in [0.2, 0.25) is 0 Å². The lowest BCUT2D eigenvalue weighted by atomic mass is 9.86. The quantitative estimate of drug-likeness (QED) is 0.658. The van der Waals surface area contributed by atoms with E-state index in [1.165, 1.54) is 12.1 Å². The molecule has 1 aromatic carbocycles. The van der Waals surface area contributed by atoms with Crippen LogP contribution in [0.15, 0.2) is 60.9 Å². The van der Waals surface area contributed by atoms with Gasteiger partial charge in [-0.25, -0.2) is 9.37 Å². The number of hydrogen-bond acceptors (Lipinski definition) is 2. The first-order valence-corrected chi connectivity index (χ1v) is 8.88. The third-order valence-electron chi connectivity index (χ3n) is 4.58. The number of carbonyl (C=O) groups excluding carboxylic acids is 1. The van der Waals surface area contributed by atoms with Crippen LogP contribution < -0.4 is 5.32 Å². The van der Waals surface area contributed by atoms with E-state index in [4.69, 9.17) is 0 Å². The zero-order valence-corrected chi connectivity index (χ0v) is 15.9. The summed E-state index contributed by atoms with van der Waals surface area (Å²) in [5.41, 5.74) is 2.74. The minimum absolute atomic E-state index is 0.181. The number of nitrogens with one attached hydrogen (secondary N) is 1. The molecule has 140 valence electrons. The summed E-state index contributed by atoms with van der Waals surface area (Å²) in [7, 11) is 1.92. The first-order chi connectivity index (χ1) is 12.8. The standard InChI is InChI=1S/C22H24FN3O/c1-15(2)12-22(3,13-16-5-7-19(23)8-6-16)25-21(27)18-11-17-9-10-26(4)20(17)24-14-18/h5-11,14H,1,12-13H2,2-4H3,(H,25,27). The number of fused-ring (bicyclic) bond motifs is 1. The molecule has 0 spiro atoms. The molecule has 2 aromatic heterocycles. The Balaban J connectivity index is 1.84. The van der Waals surface area contributed by atoms with Gasteiger partial charge in [-0.3, -0.25) is 4.79 Å². The molecule has 0 saturated carbocycles. The molecule has 1 atom stereocenters. The predicted molar refractivity (Wildman–Crippen MR) is 106 cm³/mol. The average molecular weight is 365 g/mol. The third kappa shape index (κ3) is 4.42. The Labute approximate surface area is 158 Å². The van der Waals surface area contributed by atoms with Crippen molar-refractivity contribution in [2.75, 3.05) is 0 Å². The molecule has 0 saturated heterocycles. The van der Waals surface area contributed by atoms with E-state index in [2.05, 4.69) is 16.9 Å². The number of aryl methyl sites for hydroxylation is 1. The van der Waals surface area contributed by atoms with Gasteiger partial charge in [0, 0.05) is 30.4 Å². The minimum atomic E-state index is -0.535. The molecular weight excluding hydrogens is 341 g/mol. The molecule has 1 N–H and O–H groups in total. The Bertz CT molecular complexity index is 990. The molecule has 2 heterocycles. The smallest absolute Gasteiger partial charge is 0.253 e. The number of hydrogen-bond donors (Lipinski definition) is 1. The van der Waals surface area contributed by atoms with Crippen molar-refractivity contribution >= 4 is 16.9 Å². The second kappa shape index (κ2) is 7.35. The van der Waals surface area contributed by atoms with Crippen molar-refractivity contribution in [3.63, 3.8) is 0 Å². The molecule has 5 heteroatoms. The normalized spacial score (nSPS) is 13.3. The number of benzene rings is 1.